The van der Waals surface area contributed by atoms with E-state index in [0.717, 1.165) is 24.0 Å². The highest BCUT2D eigenvalue weighted by molar-refractivity contribution is 5.95. The number of nitrogens with zero attached hydrogens (tertiary/aromatic N) is 2. The van der Waals surface area contributed by atoms with E-state index >= 15 is 0 Å². The van der Waals surface area contributed by atoms with Crippen molar-refractivity contribution in [2.45, 2.75) is 76.3 Å². The van der Waals surface area contributed by atoms with Gasteiger partial charge in [-0.3, -0.25) is 4.79 Å². The van der Waals surface area contributed by atoms with Gasteiger partial charge in [-0.2, -0.15) is 0 Å². The molecular weight excluding hydrogens is 348 g/mol. The summed E-state index contributed by atoms with van der Waals surface area (Å²) in [6.45, 7) is 0. The number of aromatic nitrogens is 2. The highest BCUT2D eigenvalue weighted by Crippen LogP contribution is 2.23. The van der Waals surface area contributed by atoms with E-state index in [1.165, 1.54) is 51.4 Å². The number of hydrogen-bond donors (Lipinski definition) is 2. The number of hydrogen-bond acceptors (Lipinski definition) is 4. The summed E-state index contributed by atoms with van der Waals surface area (Å²) in [7, 11) is 0. The van der Waals surface area contributed by atoms with Crippen LogP contribution in [0.3, 0.4) is 0 Å². The van der Waals surface area contributed by atoms with Gasteiger partial charge < -0.3 is 10.6 Å². The lowest BCUT2D eigenvalue weighted by atomic mass is 9.95. The van der Waals surface area contributed by atoms with E-state index in [-0.39, 0.29) is 5.91 Å². The van der Waals surface area contributed by atoms with Gasteiger partial charge >= 0.3 is 0 Å². The van der Waals surface area contributed by atoms with Gasteiger partial charge in [-0.25, -0.2) is 9.97 Å². The lowest BCUT2D eigenvalue weighted by molar-refractivity contribution is 0.0928. The van der Waals surface area contributed by atoms with E-state index in [0.29, 0.717) is 23.6 Å². The summed E-state index contributed by atoms with van der Waals surface area (Å²) in [4.78, 5) is 21.6. The molecule has 148 valence electrons. The summed E-state index contributed by atoms with van der Waals surface area (Å²) in [5.41, 5.74) is 2.61. The summed E-state index contributed by atoms with van der Waals surface area (Å²) in [5.74, 6) is 0.715. The molecule has 2 aliphatic carbocycles. The molecule has 2 fully saturated rings. The van der Waals surface area contributed by atoms with Crippen LogP contribution in [-0.2, 0) is 0 Å². The Hall–Kier alpha value is -2.43. The normalized spacial score (nSPS) is 18.6. The van der Waals surface area contributed by atoms with Crippen molar-refractivity contribution in [3.05, 3.63) is 42.2 Å². The first kappa shape index (κ1) is 18.9. The van der Waals surface area contributed by atoms with E-state index in [4.69, 9.17) is 0 Å². The van der Waals surface area contributed by atoms with Crippen LogP contribution in [0.5, 0.6) is 0 Å². The van der Waals surface area contributed by atoms with Crippen molar-refractivity contribution in [3.8, 4) is 11.1 Å². The van der Waals surface area contributed by atoms with Gasteiger partial charge in [0.25, 0.3) is 5.91 Å². The Morgan fingerprint density at radius 3 is 2.14 bits per heavy atom. The second kappa shape index (κ2) is 9.18. The van der Waals surface area contributed by atoms with Gasteiger partial charge in [0, 0.05) is 35.6 Å². The smallest absolute Gasteiger partial charge is 0.251 e. The van der Waals surface area contributed by atoms with Gasteiger partial charge in [-0.05, 0) is 43.4 Å². The zero-order chi connectivity index (χ0) is 19.2. The molecule has 5 heteroatoms. The number of carbonyl (C=O) groups excluding carboxylic acids is 1. The van der Waals surface area contributed by atoms with Gasteiger partial charge in [0.05, 0.1) is 0 Å². The molecule has 0 unspecified atom stereocenters. The molecule has 0 aliphatic heterocycles. The number of carbonyl (C=O) groups is 1. The third-order valence-electron chi connectivity index (χ3n) is 5.99. The monoisotopic (exact) mass is 378 g/mol. The maximum absolute atomic E-state index is 12.6. The Morgan fingerprint density at radius 2 is 1.46 bits per heavy atom. The van der Waals surface area contributed by atoms with Gasteiger partial charge in [0.2, 0.25) is 5.95 Å². The quantitative estimate of drug-likeness (QED) is 0.772. The Bertz CT molecular complexity index is 777. The van der Waals surface area contributed by atoms with Crippen LogP contribution in [0, 0.1) is 0 Å². The Labute approximate surface area is 167 Å². The lowest BCUT2D eigenvalue weighted by Gasteiger charge is -2.23. The van der Waals surface area contributed by atoms with Crippen molar-refractivity contribution in [2.24, 2.45) is 0 Å². The summed E-state index contributed by atoms with van der Waals surface area (Å²) in [5, 5.41) is 6.64. The van der Waals surface area contributed by atoms with Crippen molar-refractivity contribution in [1.82, 2.24) is 15.3 Å². The molecule has 5 nitrogen and oxygen atoms in total. The molecule has 0 bridgehead atoms. The Morgan fingerprint density at radius 1 is 0.821 bits per heavy atom. The molecule has 0 saturated heterocycles. The SMILES string of the molecule is O=C(NC1CCCCC1)c1cccc(-c2cnc(NC3CCCCC3)nc2)c1. The maximum atomic E-state index is 12.6. The first-order valence-corrected chi connectivity index (χ1v) is 10.8. The summed E-state index contributed by atoms with van der Waals surface area (Å²) in [6, 6.07) is 8.56. The van der Waals surface area contributed by atoms with Crippen LogP contribution in [0.15, 0.2) is 36.7 Å². The van der Waals surface area contributed by atoms with Gasteiger partial charge in [0.1, 0.15) is 0 Å². The maximum Gasteiger partial charge on any atom is 0.251 e. The molecule has 2 aliphatic rings. The lowest BCUT2D eigenvalue weighted by Crippen LogP contribution is -2.36. The molecule has 1 heterocycles. The van der Waals surface area contributed by atoms with Crippen molar-refractivity contribution in [2.75, 3.05) is 5.32 Å². The van der Waals surface area contributed by atoms with Crippen LogP contribution in [0.2, 0.25) is 0 Å². The minimum atomic E-state index is 0.0188. The highest BCUT2D eigenvalue weighted by atomic mass is 16.1. The molecule has 2 N–H and O–H groups in total. The largest absolute Gasteiger partial charge is 0.351 e. The van der Waals surface area contributed by atoms with E-state index < -0.39 is 0 Å². The van der Waals surface area contributed by atoms with E-state index in [1.54, 1.807) is 0 Å². The fourth-order valence-corrected chi connectivity index (χ4v) is 4.34. The molecule has 2 saturated carbocycles. The van der Waals surface area contributed by atoms with Crippen LogP contribution in [0.4, 0.5) is 5.95 Å². The minimum Gasteiger partial charge on any atom is -0.351 e. The fraction of sp³-hybridized carbons (Fsp3) is 0.522. The second-order valence-corrected chi connectivity index (χ2v) is 8.16. The number of amides is 1. The molecule has 0 atom stereocenters. The average Bonchev–Trinajstić information content (AvgIpc) is 2.76. The Balaban J connectivity index is 1.41. The average molecular weight is 379 g/mol. The third kappa shape index (κ3) is 4.89. The molecule has 0 spiro atoms. The van der Waals surface area contributed by atoms with Crippen LogP contribution in [0.1, 0.15) is 74.6 Å². The van der Waals surface area contributed by atoms with Crippen LogP contribution in [-0.4, -0.2) is 28.0 Å². The first-order valence-electron chi connectivity index (χ1n) is 10.8. The zero-order valence-electron chi connectivity index (χ0n) is 16.5. The van der Waals surface area contributed by atoms with Crippen LogP contribution >= 0.6 is 0 Å². The summed E-state index contributed by atoms with van der Waals surface area (Å²) < 4.78 is 0. The molecule has 2 aromatic rings. The van der Waals surface area contributed by atoms with Gasteiger partial charge in [0.15, 0.2) is 0 Å². The van der Waals surface area contributed by atoms with Gasteiger partial charge in [-0.15, -0.1) is 0 Å². The molecule has 1 aromatic heterocycles. The van der Waals surface area contributed by atoms with E-state index in [2.05, 4.69) is 20.6 Å². The number of benzene rings is 1. The first-order chi connectivity index (χ1) is 13.8. The highest BCUT2D eigenvalue weighted by Gasteiger charge is 2.17. The number of rotatable bonds is 5. The molecule has 0 radical (unpaired) electrons. The topological polar surface area (TPSA) is 66.9 Å². The molecule has 1 amide bonds. The van der Waals surface area contributed by atoms with Crippen molar-refractivity contribution in [1.29, 1.82) is 0 Å². The third-order valence-corrected chi connectivity index (χ3v) is 5.99. The predicted octanol–water partition coefficient (Wildman–Crippen LogP) is 4.95. The van der Waals surface area contributed by atoms with E-state index in [9.17, 15) is 4.79 Å². The summed E-state index contributed by atoms with van der Waals surface area (Å²) >= 11 is 0. The van der Waals surface area contributed by atoms with E-state index in [1.807, 2.05) is 36.7 Å². The molecule has 28 heavy (non-hydrogen) atoms. The number of anilines is 1. The van der Waals surface area contributed by atoms with Gasteiger partial charge in [-0.1, -0.05) is 50.7 Å². The molecule has 1 aromatic carbocycles. The fourth-order valence-electron chi connectivity index (χ4n) is 4.34. The standard InChI is InChI=1S/C23H30N4O/c28-22(26-20-10-3-1-4-11-20)18-9-7-8-17(14-18)19-15-24-23(25-16-19)27-21-12-5-2-6-13-21/h7-9,14-16,20-21H,1-6,10-13H2,(H,26,28)(H,24,25,27). The molecular formula is C23H30N4O. The van der Waals surface area contributed by atoms with Crippen molar-refractivity contribution < 1.29 is 4.79 Å². The predicted molar refractivity (Wildman–Crippen MR) is 112 cm³/mol. The zero-order valence-corrected chi connectivity index (χ0v) is 16.5. The Kier molecular flexibility index (Phi) is 6.20. The van der Waals surface area contributed by atoms with Crippen LogP contribution in [0.25, 0.3) is 11.1 Å². The van der Waals surface area contributed by atoms with Crippen LogP contribution < -0.4 is 10.6 Å². The van der Waals surface area contributed by atoms with Crippen molar-refractivity contribution in [3.63, 3.8) is 0 Å². The van der Waals surface area contributed by atoms with Crippen molar-refractivity contribution >= 4 is 11.9 Å². The molecule has 4 rings (SSSR count). The summed E-state index contributed by atoms with van der Waals surface area (Å²) in [6.07, 6.45) is 15.9. The minimum absolute atomic E-state index is 0.0188. The second-order valence-electron chi connectivity index (χ2n) is 8.16. The number of nitrogens with one attached hydrogen (secondary N) is 2.